The van der Waals surface area contributed by atoms with E-state index >= 15 is 0 Å². The number of hydrogen-bond acceptors (Lipinski definition) is 6. The molecule has 8 heteroatoms. The Kier molecular flexibility index (Phi) is 11.7. The third-order valence-electron chi connectivity index (χ3n) is 12.4. The number of hydrogen-bond donors (Lipinski definition) is 3. The highest BCUT2D eigenvalue weighted by Crippen LogP contribution is 2.59. The Labute approximate surface area is 298 Å². The van der Waals surface area contributed by atoms with E-state index in [0.29, 0.717) is 50.3 Å². The summed E-state index contributed by atoms with van der Waals surface area (Å²) < 4.78 is 11.3. The highest BCUT2D eigenvalue weighted by atomic mass is 16.5. The third-order valence-corrected chi connectivity index (χ3v) is 12.4. The molecule has 0 aromatic heterocycles. The summed E-state index contributed by atoms with van der Waals surface area (Å²) in [7, 11) is 1.61. The first-order chi connectivity index (χ1) is 24.1. The lowest BCUT2D eigenvalue weighted by Gasteiger charge is -2.46. The van der Waals surface area contributed by atoms with Crippen molar-refractivity contribution in [3.8, 4) is 5.75 Å². The molecular formula is C42H58N2O6. The van der Waals surface area contributed by atoms with Gasteiger partial charge in [0.1, 0.15) is 5.75 Å². The second-order valence-corrected chi connectivity index (χ2v) is 15.8. The van der Waals surface area contributed by atoms with Crippen molar-refractivity contribution < 1.29 is 29.3 Å². The molecule has 2 aromatic carbocycles. The number of nitrogens with one attached hydrogen (secondary N) is 1. The van der Waals surface area contributed by atoms with Gasteiger partial charge in [0.05, 0.1) is 31.5 Å². The number of fused-ring (bicyclic) bond motifs is 8. The van der Waals surface area contributed by atoms with E-state index in [1.54, 1.807) is 12.0 Å². The first kappa shape index (κ1) is 36.6. The van der Waals surface area contributed by atoms with Crippen molar-refractivity contribution in [2.75, 3.05) is 32.1 Å². The van der Waals surface area contributed by atoms with Gasteiger partial charge in [0.2, 0.25) is 0 Å². The fourth-order valence-corrected chi connectivity index (χ4v) is 9.24. The highest BCUT2D eigenvalue weighted by Gasteiger charge is 2.58. The maximum Gasteiger partial charge on any atom is 0.322 e. The topological polar surface area (TPSA) is 108 Å². The Morgan fingerprint density at radius 1 is 1.00 bits per heavy atom. The Morgan fingerprint density at radius 2 is 1.78 bits per heavy atom. The van der Waals surface area contributed by atoms with Crippen LogP contribution in [0.2, 0.25) is 0 Å². The van der Waals surface area contributed by atoms with Gasteiger partial charge in [-0.25, -0.2) is 4.79 Å². The number of aliphatic hydroxyl groups is 2. The lowest BCUT2D eigenvalue weighted by atomic mass is 9.64. The molecule has 7 rings (SSSR count). The number of carbonyl (C=O) groups is 2. The molecule has 5 aliphatic rings. The van der Waals surface area contributed by atoms with Gasteiger partial charge in [-0.3, -0.25) is 4.79 Å². The molecule has 0 radical (unpaired) electrons. The van der Waals surface area contributed by atoms with Crippen LogP contribution in [0, 0.1) is 11.3 Å². The first-order valence-electron chi connectivity index (χ1n) is 19.1. The predicted molar refractivity (Wildman–Crippen MR) is 197 cm³/mol. The van der Waals surface area contributed by atoms with Crippen LogP contribution >= 0.6 is 0 Å². The van der Waals surface area contributed by atoms with Gasteiger partial charge in [-0.2, -0.15) is 0 Å². The number of amides is 2. The minimum Gasteiger partial charge on any atom is -0.497 e. The van der Waals surface area contributed by atoms with Crippen LogP contribution < -0.4 is 10.1 Å². The number of Topliss-reactive ketones (excluding diaryl/α,β-unsaturated/α-hetero) is 1. The van der Waals surface area contributed by atoms with Crippen molar-refractivity contribution in [3.63, 3.8) is 0 Å². The van der Waals surface area contributed by atoms with Gasteiger partial charge in [0, 0.05) is 35.7 Å². The molecule has 2 aromatic rings. The molecule has 50 heavy (non-hydrogen) atoms. The van der Waals surface area contributed by atoms with Crippen LogP contribution in [-0.4, -0.2) is 71.5 Å². The zero-order valence-corrected chi connectivity index (χ0v) is 30.4. The second-order valence-electron chi connectivity index (χ2n) is 15.8. The normalized spacial score (nSPS) is 29.1. The standard InChI is InChI=1S/C42H58N2O6/c1-29-9-7-22-41(2)38(36-20-14-30(25-33(45)17-13-29)26-37(36)39(46)31-10-5-4-6-11-31)21-23-42(41,48)28-44(27-35-12-8-24-50-35)40(47)43-32-15-18-34(49-3)19-16-32/h9,14-16,18-20,26,31,33,35,38,45,48H,4-8,10-13,17,21-25,27-28H2,1-3H3,(H,43,47). The number of ketones is 1. The average Bonchev–Trinajstić information content (AvgIpc) is 3.72. The Bertz CT molecular complexity index is 1510. The van der Waals surface area contributed by atoms with Crippen molar-refractivity contribution in [2.24, 2.45) is 11.3 Å². The summed E-state index contributed by atoms with van der Waals surface area (Å²) >= 11 is 0. The molecule has 1 aliphatic heterocycles. The van der Waals surface area contributed by atoms with Crippen LogP contribution in [-0.2, 0) is 11.2 Å². The average molecular weight is 687 g/mol. The number of aliphatic hydroxyl groups excluding tert-OH is 1. The maximum atomic E-state index is 14.4. The molecule has 272 valence electrons. The Morgan fingerprint density at radius 3 is 2.50 bits per heavy atom. The molecule has 8 nitrogen and oxygen atoms in total. The smallest absolute Gasteiger partial charge is 0.322 e. The Hall–Kier alpha value is -3.20. The molecule has 5 unspecified atom stereocenters. The van der Waals surface area contributed by atoms with Crippen molar-refractivity contribution in [2.45, 2.75) is 127 Å². The summed E-state index contributed by atoms with van der Waals surface area (Å²) in [5.41, 5.74) is 2.86. The first-order valence-corrected chi connectivity index (χ1v) is 19.1. The van der Waals surface area contributed by atoms with E-state index in [1.165, 1.54) is 12.0 Å². The van der Waals surface area contributed by atoms with Crippen molar-refractivity contribution in [3.05, 3.63) is 70.8 Å². The van der Waals surface area contributed by atoms with Gasteiger partial charge in [-0.15, -0.1) is 0 Å². The summed E-state index contributed by atoms with van der Waals surface area (Å²) in [6.45, 7) is 5.56. The number of benzene rings is 2. The SMILES string of the molecule is COc1ccc(NC(=O)N(CC2CCCO2)CC2(O)CCC3c4ccc(cc4C(=O)C4CCCCC4)CC(O)CCC(C)=CCCC32C)cc1. The quantitative estimate of drug-likeness (QED) is 0.191. The van der Waals surface area contributed by atoms with Gasteiger partial charge in [0.15, 0.2) is 5.78 Å². The molecule has 0 spiro atoms. The molecule has 2 bridgehead atoms. The van der Waals surface area contributed by atoms with E-state index in [1.807, 2.05) is 24.3 Å². The van der Waals surface area contributed by atoms with E-state index in [2.05, 4.69) is 43.4 Å². The van der Waals surface area contributed by atoms with Crippen molar-refractivity contribution >= 4 is 17.5 Å². The summed E-state index contributed by atoms with van der Waals surface area (Å²) in [5.74, 6) is 0.875. The van der Waals surface area contributed by atoms with E-state index in [4.69, 9.17) is 9.47 Å². The van der Waals surface area contributed by atoms with Crippen LogP contribution in [0.5, 0.6) is 5.75 Å². The fourth-order valence-electron chi connectivity index (χ4n) is 9.24. The minimum absolute atomic E-state index is 0.0160. The van der Waals surface area contributed by atoms with Crippen molar-refractivity contribution in [1.29, 1.82) is 0 Å². The molecule has 4 aliphatic carbocycles. The van der Waals surface area contributed by atoms with Crippen LogP contribution in [0.3, 0.4) is 0 Å². The summed E-state index contributed by atoms with van der Waals surface area (Å²) in [5, 5.41) is 27.0. The summed E-state index contributed by atoms with van der Waals surface area (Å²) in [4.78, 5) is 30.2. The van der Waals surface area contributed by atoms with Gasteiger partial charge in [-0.05, 0) is 125 Å². The Balaban J connectivity index is 1.36. The molecular weight excluding hydrogens is 628 g/mol. The van der Waals surface area contributed by atoms with E-state index in [-0.39, 0.29) is 36.3 Å². The number of urea groups is 1. The van der Waals surface area contributed by atoms with Crippen LogP contribution in [0.1, 0.15) is 125 Å². The van der Waals surface area contributed by atoms with Gasteiger partial charge in [-0.1, -0.05) is 50.0 Å². The molecule has 2 saturated carbocycles. The monoisotopic (exact) mass is 686 g/mol. The van der Waals surface area contributed by atoms with E-state index in [0.717, 1.165) is 74.5 Å². The van der Waals surface area contributed by atoms with Gasteiger partial charge < -0.3 is 29.9 Å². The maximum absolute atomic E-state index is 14.4. The molecule has 3 N–H and O–H groups in total. The zero-order chi connectivity index (χ0) is 35.3. The molecule has 3 fully saturated rings. The van der Waals surface area contributed by atoms with Crippen molar-refractivity contribution in [1.82, 2.24) is 4.90 Å². The predicted octanol–water partition coefficient (Wildman–Crippen LogP) is 8.21. The summed E-state index contributed by atoms with van der Waals surface area (Å²) in [6.07, 6.45) is 13.4. The van der Waals surface area contributed by atoms with Gasteiger partial charge in [0.25, 0.3) is 0 Å². The molecule has 2 amide bonds. The number of nitrogens with zero attached hydrogens (tertiary/aromatic N) is 1. The molecule has 1 heterocycles. The molecule has 1 saturated heterocycles. The third kappa shape index (κ3) is 8.13. The van der Waals surface area contributed by atoms with E-state index < -0.39 is 17.1 Å². The highest BCUT2D eigenvalue weighted by molar-refractivity contribution is 5.99. The van der Waals surface area contributed by atoms with Crippen LogP contribution in [0.25, 0.3) is 0 Å². The van der Waals surface area contributed by atoms with Crippen LogP contribution in [0.15, 0.2) is 54.1 Å². The number of ether oxygens (including phenoxy) is 2. The van der Waals surface area contributed by atoms with Crippen LogP contribution in [0.4, 0.5) is 10.5 Å². The van der Waals surface area contributed by atoms with Gasteiger partial charge >= 0.3 is 6.03 Å². The number of rotatable bonds is 8. The summed E-state index contributed by atoms with van der Waals surface area (Å²) in [6, 6.07) is 13.3. The lowest BCUT2D eigenvalue weighted by molar-refractivity contribution is -0.0800. The minimum atomic E-state index is -1.20. The van der Waals surface area contributed by atoms with E-state index in [9.17, 15) is 19.8 Å². The lowest BCUT2D eigenvalue weighted by Crippen LogP contribution is -2.55. The molecule has 5 atom stereocenters. The number of allylic oxidation sites excluding steroid dienone is 2. The fraction of sp³-hybridized carbons (Fsp3) is 0.619. The second kappa shape index (κ2) is 16.0. The zero-order valence-electron chi connectivity index (χ0n) is 30.4. The largest absolute Gasteiger partial charge is 0.497 e. The number of anilines is 1. The number of carbonyl (C=O) groups excluding carboxylic acids is 2. The number of methoxy groups -OCH3 is 1.